The summed E-state index contributed by atoms with van der Waals surface area (Å²) in [7, 11) is 0. The maximum Gasteiger partial charge on any atom is 0.432 e. The largest absolute Gasteiger partial charge is 0.463 e. The van der Waals surface area contributed by atoms with Crippen molar-refractivity contribution in [1.29, 1.82) is 0 Å². The number of benzene rings is 1. The van der Waals surface area contributed by atoms with Gasteiger partial charge in [-0.2, -0.15) is 9.78 Å². The molecule has 0 fully saturated rings. The monoisotopic (exact) mass is 227 g/mol. The second-order valence-corrected chi connectivity index (χ2v) is 3.68. The van der Waals surface area contributed by atoms with Crippen molar-refractivity contribution in [2.75, 3.05) is 0 Å². The molecule has 0 spiro atoms. The molecule has 0 atom stereocenters. The second kappa shape index (κ2) is 3.48. The number of aromatic amines is 1. The van der Waals surface area contributed by atoms with E-state index in [-0.39, 0.29) is 0 Å². The molecule has 0 aliphatic heterocycles. The molecule has 5 nitrogen and oxygen atoms in total. The Kier molecular flexibility index (Phi) is 1.98. The summed E-state index contributed by atoms with van der Waals surface area (Å²) in [4.78, 5) is 13.9. The van der Waals surface area contributed by atoms with Crippen LogP contribution in [0.4, 0.5) is 4.79 Å². The third kappa shape index (κ3) is 1.48. The van der Waals surface area contributed by atoms with E-state index in [1.165, 1.54) is 6.20 Å². The minimum absolute atomic E-state index is 0.643. The molecule has 2 N–H and O–H groups in total. The van der Waals surface area contributed by atoms with Crippen molar-refractivity contribution in [2.24, 2.45) is 0 Å². The van der Waals surface area contributed by atoms with Crippen LogP contribution in [0.2, 0.25) is 0 Å². The van der Waals surface area contributed by atoms with Crippen LogP contribution in [0, 0.1) is 0 Å². The van der Waals surface area contributed by atoms with Gasteiger partial charge >= 0.3 is 6.09 Å². The molecule has 5 heteroatoms. The number of aromatic nitrogens is 3. The zero-order valence-corrected chi connectivity index (χ0v) is 8.79. The fourth-order valence-electron chi connectivity index (χ4n) is 1.86. The highest BCUT2D eigenvalue weighted by Crippen LogP contribution is 2.26. The highest BCUT2D eigenvalue weighted by molar-refractivity contribution is 5.94. The molecule has 2 aromatic heterocycles. The molecule has 2 heterocycles. The first kappa shape index (κ1) is 9.65. The van der Waals surface area contributed by atoms with Gasteiger partial charge in [0.25, 0.3) is 0 Å². The summed E-state index contributed by atoms with van der Waals surface area (Å²) in [5.74, 6) is 0. The molecular formula is C12H9N3O2. The molecule has 0 saturated carbocycles. The normalized spacial score (nSPS) is 10.8. The fourth-order valence-corrected chi connectivity index (χ4v) is 1.86. The molecule has 0 aliphatic rings. The molecule has 0 saturated heterocycles. The van der Waals surface area contributed by atoms with Crippen molar-refractivity contribution < 1.29 is 9.90 Å². The number of nitrogens with zero attached hydrogens (tertiary/aromatic N) is 2. The quantitative estimate of drug-likeness (QED) is 0.671. The van der Waals surface area contributed by atoms with Crippen molar-refractivity contribution in [3.05, 3.63) is 42.7 Å². The average molecular weight is 227 g/mol. The van der Waals surface area contributed by atoms with Crippen LogP contribution < -0.4 is 0 Å². The molecule has 0 amide bonds. The van der Waals surface area contributed by atoms with Crippen LogP contribution in [-0.2, 0) is 0 Å². The van der Waals surface area contributed by atoms with Crippen molar-refractivity contribution >= 4 is 17.0 Å². The topological polar surface area (TPSA) is 70.9 Å². The van der Waals surface area contributed by atoms with Crippen molar-refractivity contribution in [3.8, 4) is 11.3 Å². The van der Waals surface area contributed by atoms with Crippen molar-refractivity contribution in [2.45, 2.75) is 0 Å². The first-order chi connectivity index (χ1) is 8.25. The highest BCUT2D eigenvalue weighted by Gasteiger charge is 2.10. The third-order valence-electron chi connectivity index (χ3n) is 2.65. The van der Waals surface area contributed by atoms with E-state index in [0.29, 0.717) is 5.69 Å². The number of fused-ring (bicyclic) bond motifs is 1. The zero-order valence-electron chi connectivity index (χ0n) is 8.79. The lowest BCUT2D eigenvalue weighted by atomic mass is 10.1. The average Bonchev–Trinajstić information content (AvgIpc) is 2.95. The van der Waals surface area contributed by atoms with Gasteiger partial charge in [-0.3, -0.25) is 0 Å². The van der Waals surface area contributed by atoms with E-state index in [2.05, 4.69) is 10.1 Å². The molecule has 84 valence electrons. The fraction of sp³-hybridized carbons (Fsp3) is 0. The van der Waals surface area contributed by atoms with Crippen LogP contribution in [0.25, 0.3) is 22.2 Å². The lowest BCUT2D eigenvalue weighted by Gasteiger charge is -1.93. The van der Waals surface area contributed by atoms with Gasteiger partial charge in [-0.1, -0.05) is 18.2 Å². The lowest BCUT2D eigenvalue weighted by Crippen LogP contribution is -2.07. The van der Waals surface area contributed by atoms with Gasteiger partial charge in [0.15, 0.2) is 0 Å². The third-order valence-corrected chi connectivity index (χ3v) is 2.65. The summed E-state index contributed by atoms with van der Waals surface area (Å²) < 4.78 is 0.900. The molecule has 0 radical (unpaired) electrons. The van der Waals surface area contributed by atoms with E-state index in [9.17, 15) is 4.79 Å². The summed E-state index contributed by atoms with van der Waals surface area (Å²) in [6.45, 7) is 0. The highest BCUT2D eigenvalue weighted by atomic mass is 16.4. The van der Waals surface area contributed by atoms with Gasteiger partial charge in [0.1, 0.15) is 0 Å². The number of H-pyrrole nitrogens is 1. The molecule has 1 aromatic carbocycles. The Labute approximate surface area is 96.3 Å². The van der Waals surface area contributed by atoms with E-state index in [1.54, 1.807) is 6.07 Å². The molecule has 0 bridgehead atoms. The summed E-state index contributed by atoms with van der Waals surface area (Å²) in [6.07, 6.45) is 2.18. The minimum atomic E-state index is -1.09. The molecule has 17 heavy (non-hydrogen) atoms. The van der Waals surface area contributed by atoms with Gasteiger partial charge in [-0.15, -0.1) is 0 Å². The van der Waals surface area contributed by atoms with E-state index in [4.69, 9.17) is 5.11 Å². The van der Waals surface area contributed by atoms with Crippen molar-refractivity contribution in [1.82, 2.24) is 14.8 Å². The van der Waals surface area contributed by atoms with Gasteiger partial charge in [0, 0.05) is 28.9 Å². The van der Waals surface area contributed by atoms with Crippen molar-refractivity contribution in [3.63, 3.8) is 0 Å². The number of carbonyl (C=O) groups is 1. The summed E-state index contributed by atoms with van der Waals surface area (Å²) in [5.41, 5.74) is 2.55. The molecule has 3 rings (SSSR count). The summed E-state index contributed by atoms with van der Waals surface area (Å²) in [5, 5.41) is 13.8. The van der Waals surface area contributed by atoms with Crippen LogP contribution in [0.15, 0.2) is 42.7 Å². The predicted octanol–water partition coefficient (Wildman–Crippen LogP) is 2.56. The number of nitrogens with one attached hydrogen (secondary N) is 1. The maximum absolute atomic E-state index is 10.7. The van der Waals surface area contributed by atoms with Gasteiger partial charge in [0.2, 0.25) is 0 Å². The molecule has 3 aromatic rings. The number of carboxylic acid groups (broad SMARTS) is 1. The number of rotatable bonds is 1. The van der Waals surface area contributed by atoms with Gasteiger partial charge < -0.3 is 10.1 Å². The molecular weight excluding hydrogens is 218 g/mol. The second-order valence-electron chi connectivity index (χ2n) is 3.68. The Morgan fingerprint density at radius 1 is 1.29 bits per heavy atom. The van der Waals surface area contributed by atoms with E-state index in [1.807, 2.05) is 30.5 Å². The first-order valence-corrected chi connectivity index (χ1v) is 5.11. The Morgan fingerprint density at radius 3 is 2.88 bits per heavy atom. The number of para-hydroxylation sites is 1. The SMILES string of the molecule is O=C(O)n1ccc(-c2c[nH]c3ccccc23)n1. The van der Waals surface area contributed by atoms with Gasteiger partial charge in [-0.05, 0) is 12.1 Å². The van der Waals surface area contributed by atoms with E-state index in [0.717, 1.165) is 21.1 Å². The number of hydrogen-bond donors (Lipinski definition) is 2. The first-order valence-electron chi connectivity index (χ1n) is 5.11. The Balaban J connectivity index is 2.17. The zero-order chi connectivity index (χ0) is 11.8. The Bertz CT molecular complexity index is 696. The van der Waals surface area contributed by atoms with Gasteiger partial charge in [0.05, 0.1) is 5.69 Å². The smallest absolute Gasteiger partial charge is 0.432 e. The maximum atomic E-state index is 10.7. The van der Waals surface area contributed by atoms with Crippen LogP contribution in [0.1, 0.15) is 0 Å². The standard InChI is InChI=1S/C12H9N3O2/c16-12(17)15-6-5-11(14-15)9-7-13-10-4-2-1-3-8(9)10/h1-7,13H,(H,16,17). The minimum Gasteiger partial charge on any atom is -0.463 e. The number of hydrogen-bond acceptors (Lipinski definition) is 2. The Hall–Kier alpha value is -2.56. The molecule has 0 aliphatic carbocycles. The van der Waals surface area contributed by atoms with Crippen LogP contribution >= 0.6 is 0 Å². The van der Waals surface area contributed by atoms with Crippen LogP contribution in [0.3, 0.4) is 0 Å². The van der Waals surface area contributed by atoms with E-state index >= 15 is 0 Å². The summed E-state index contributed by atoms with van der Waals surface area (Å²) in [6, 6.07) is 9.50. The van der Waals surface area contributed by atoms with E-state index < -0.39 is 6.09 Å². The Morgan fingerprint density at radius 2 is 2.12 bits per heavy atom. The summed E-state index contributed by atoms with van der Waals surface area (Å²) >= 11 is 0. The van der Waals surface area contributed by atoms with Crippen LogP contribution in [0.5, 0.6) is 0 Å². The van der Waals surface area contributed by atoms with Gasteiger partial charge in [-0.25, -0.2) is 4.79 Å². The lowest BCUT2D eigenvalue weighted by molar-refractivity contribution is 0.192. The predicted molar refractivity (Wildman–Crippen MR) is 62.9 cm³/mol. The van der Waals surface area contributed by atoms with Crippen LogP contribution in [-0.4, -0.2) is 26.0 Å². The molecule has 0 unspecified atom stereocenters.